The molecule has 0 radical (unpaired) electrons. The molecule has 5 heteroatoms. The van der Waals surface area contributed by atoms with Crippen LogP contribution in [0.25, 0.3) is 0 Å². The maximum absolute atomic E-state index is 11.3. The number of hydrogen-bond acceptors (Lipinski definition) is 4. The van der Waals surface area contributed by atoms with Crippen LogP contribution in [-0.2, 0) is 14.3 Å². The van der Waals surface area contributed by atoms with Crippen molar-refractivity contribution in [1.82, 2.24) is 0 Å². The molecule has 1 aromatic rings. The lowest BCUT2D eigenvalue weighted by Gasteiger charge is -2.14. The molecule has 3 N–H and O–H groups in total. The Labute approximate surface area is 93.6 Å². The zero-order valence-electron chi connectivity index (χ0n) is 9.19. The van der Waals surface area contributed by atoms with E-state index in [2.05, 4.69) is 10.1 Å². The summed E-state index contributed by atoms with van der Waals surface area (Å²) in [4.78, 5) is 22.3. The van der Waals surface area contributed by atoms with Gasteiger partial charge in [0, 0.05) is 5.69 Å². The Morgan fingerprint density at radius 3 is 2.62 bits per heavy atom. The molecule has 1 atom stereocenters. The molecule has 86 valence electrons. The second-order valence-electron chi connectivity index (χ2n) is 3.37. The van der Waals surface area contributed by atoms with Crippen LogP contribution in [-0.4, -0.2) is 25.0 Å². The van der Waals surface area contributed by atoms with Gasteiger partial charge < -0.3 is 15.8 Å². The lowest BCUT2D eigenvalue weighted by molar-refractivity contribution is -0.144. The first-order valence-corrected chi connectivity index (χ1v) is 4.75. The number of nitrogens with one attached hydrogen (secondary N) is 1. The maximum Gasteiger partial charge on any atom is 0.338 e. The Bertz CT molecular complexity index is 404. The highest BCUT2D eigenvalue weighted by atomic mass is 16.5. The number of amides is 1. The van der Waals surface area contributed by atoms with Crippen LogP contribution in [0.1, 0.15) is 5.56 Å². The summed E-state index contributed by atoms with van der Waals surface area (Å²) in [7, 11) is 1.20. The number of aryl methyl sites for hydroxylation is 1. The van der Waals surface area contributed by atoms with Crippen molar-refractivity contribution in [3.8, 4) is 0 Å². The standard InChI is InChI=1S/C11H14N2O3/c1-7-4-3-5-8(6-7)13-9(10(12)14)11(15)16-2/h3-6,9,13H,1-2H3,(H2,12,14). The van der Waals surface area contributed by atoms with Crippen LogP contribution >= 0.6 is 0 Å². The molecule has 5 nitrogen and oxygen atoms in total. The average Bonchev–Trinajstić information content (AvgIpc) is 2.24. The molecule has 0 fully saturated rings. The Kier molecular flexibility index (Phi) is 3.88. The van der Waals surface area contributed by atoms with Crippen LogP contribution in [0.4, 0.5) is 5.69 Å². The molecule has 0 aliphatic rings. The van der Waals surface area contributed by atoms with E-state index in [1.54, 1.807) is 12.1 Å². The highest BCUT2D eigenvalue weighted by Gasteiger charge is 2.24. The molecule has 16 heavy (non-hydrogen) atoms. The van der Waals surface area contributed by atoms with E-state index in [1.165, 1.54) is 7.11 Å². The summed E-state index contributed by atoms with van der Waals surface area (Å²) >= 11 is 0. The summed E-state index contributed by atoms with van der Waals surface area (Å²) in [5.41, 5.74) is 6.76. The van der Waals surface area contributed by atoms with Gasteiger partial charge in [0.1, 0.15) is 0 Å². The summed E-state index contributed by atoms with van der Waals surface area (Å²) in [6, 6.07) is 6.10. The van der Waals surface area contributed by atoms with Gasteiger partial charge in [-0.1, -0.05) is 12.1 Å². The van der Waals surface area contributed by atoms with Crippen molar-refractivity contribution in [3.63, 3.8) is 0 Å². The number of anilines is 1. The number of nitrogens with two attached hydrogens (primary N) is 1. The number of carbonyl (C=O) groups excluding carboxylic acids is 2. The fourth-order valence-electron chi connectivity index (χ4n) is 1.27. The van der Waals surface area contributed by atoms with Gasteiger partial charge in [0.25, 0.3) is 5.91 Å². The number of esters is 1. The monoisotopic (exact) mass is 222 g/mol. The Balaban J connectivity index is 2.84. The van der Waals surface area contributed by atoms with Gasteiger partial charge in [0.05, 0.1) is 7.11 Å². The Morgan fingerprint density at radius 1 is 1.44 bits per heavy atom. The van der Waals surface area contributed by atoms with Crippen molar-refractivity contribution in [3.05, 3.63) is 29.8 Å². The van der Waals surface area contributed by atoms with E-state index in [9.17, 15) is 9.59 Å². The average molecular weight is 222 g/mol. The summed E-state index contributed by atoms with van der Waals surface area (Å²) in [5.74, 6) is -1.47. The lowest BCUT2D eigenvalue weighted by atomic mass is 10.2. The molecule has 1 amide bonds. The first kappa shape index (κ1) is 12.0. The smallest absolute Gasteiger partial charge is 0.338 e. The molecule has 0 spiro atoms. The molecule has 0 aromatic heterocycles. The van der Waals surface area contributed by atoms with E-state index in [0.717, 1.165) is 5.56 Å². The molecule has 0 heterocycles. The van der Waals surface area contributed by atoms with Crippen molar-refractivity contribution in [2.75, 3.05) is 12.4 Å². The van der Waals surface area contributed by atoms with Crippen LogP contribution in [0, 0.1) is 6.92 Å². The van der Waals surface area contributed by atoms with Crippen LogP contribution in [0.3, 0.4) is 0 Å². The van der Waals surface area contributed by atoms with Crippen LogP contribution in [0.2, 0.25) is 0 Å². The second-order valence-corrected chi connectivity index (χ2v) is 3.37. The van der Waals surface area contributed by atoms with Crippen LogP contribution in [0.5, 0.6) is 0 Å². The lowest BCUT2D eigenvalue weighted by Crippen LogP contribution is -2.42. The van der Waals surface area contributed by atoms with Gasteiger partial charge in [-0.15, -0.1) is 0 Å². The number of benzene rings is 1. The van der Waals surface area contributed by atoms with E-state index in [0.29, 0.717) is 5.69 Å². The minimum Gasteiger partial charge on any atom is -0.467 e. The Morgan fingerprint density at radius 2 is 2.12 bits per heavy atom. The van der Waals surface area contributed by atoms with Gasteiger partial charge in [-0.3, -0.25) is 4.79 Å². The summed E-state index contributed by atoms with van der Waals surface area (Å²) in [5, 5.41) is 2.72. The van der Waals surface area contributed by atoms with Crippen molar-refractivity contribution >= 4 is 17.6 Å². The largest absolute Gasteiger partial charge is 0.467 e. The number of rotatable bonds is 4. The SMILES string of the molecule is COC(=O)C(Nc1cccc(C)c1)C(N)=O. The van der Waals surface area contributed by atoms with Crippen molar-refractivity contribution in [2.24, 2.45) is 5.73 Å². The number of hydrogen-bond donors (Lipinski definition) is 2. The topological polar surface area (TPSA) is 81.4 Å². The molecule has 0 aliphatic carbocycles. The third-order valence-corrected chi connectivity index (χ3v) is 2.05. The summed E-state index contributed by atoms with van der Waals surface area (Å²) < 4.78 is 4.47. The van der Waals surface area contributed by atoms with Gasteiger partial charge in [-0.2, -0.15) is 0 Å². The number of primary amides is 1. The first-order chi connectivity index (χ1) is 7.54. The molecular formula is C11H14N2O3. The summed E-state index contributed by atoms with van der Waals surface area (Å²) in [6.07, 6.45) is 0. The van der Waals surface area contributed by atoms with E-state index in [1.807, 2.05) is 19.1 Å². The van der Waals surface area contributed by atoms with Gasteiger partial charge in [-0.05, 0) is 24.6 Å². The van der Waals surface area contributed by atoms with Gasteiger partial charge in [0.15, 0.2) is 0 Å². The molecule has 1 rings (SSSR count). The fourth-order valence-corrected chi connectivity index (χ4v) is 1.27. The van der Waals surface area contributed by atoms with Crippen molar-refractivity contribution in [2.45, 2.75) is 13.0 Å². The summed E-state index contributed by atoms with van der Waals surface area (Å²) in [6.45, 7) is 1.91. The van der Waals surface area contributed by atoms with Crippen LogP contribution < -0.4 is 11.1 Å². The molecule has 1 aromatic carbocycles. The molecular weight excluding hydrogens is 208 g/mol. The number of ether oxygens (including phenoxy) is 1. The van der Waals surface area contributed by atoms with Gasteiger partial charge in [-0.25, -0.2) is 4.79 Å². The van der Waals surface area contributed by atoms with E-state index in [4.69, 9.17) is 5.73 Å². The zero-order valence-corrected chi connectivity index (χ0v) is 9.19. The zero-order chi connectivity index (χ0) is 12.1. The van der Waals surface area contributed by atoms with Gasteiger partial charge >= 0.3 is 5.97 Å². The third kappa shape index (κ3) is 2.98. The van der Waals surface area contributed by atoms with Crippen molar-refractivity contribution in [1.29, 1.82) is 0 Å². The normalized spacial score (nSPS) is 11.6. The predicted molar refractivity (Wildman–Crippen MR) is 59.8 cm³/mol. The fraction of sp³-hybridized carbons (Fsp3) is 0.273. The molecule has 0 aliphatic heterocycles. The minimum absolute atomic E-state index is 0.647. The predicted octanol–water partition coefficient (Wildman–Crippen LogP) is 0.434. The third-order valence-electron chi connectivity index (χ3n) is 2.05. The van der Waals surface area contributed by atoms with Crippen molar-refractivity contribution < 1.29 is 14.3 Å². The molecule has 0 saturated heterocycles. The minimum atomic E-state index is -1.16. The second kappa shape index (κ2) is 5.16. The molecule has 0 bridgehead atoms. The highest BCUT2D eigenvalue weighted by molar-refractivity contribution is 6.03. The van der Waals surface area contributed by atoms with E-state index < -0.39 is 17.9 Å². The van der Waals surface area contributed by atoms with Crippen LogP contribution in [0.15, 0.2) is 24.3 Å². The molecule has 0 saturated carbocycles. The van der Waals surface area contributed by atoms with E-state index >= 15 is 0 Å². The van der Waals surface area contributed by atoms with E-state index in [-0.39, 0.29) is 0 Å². The molecule has 1 unspecified atom stereocenters. The Hall–Kier alpha value is -2.04. The first-order valence-electron chi connectivity index (χ1n) is 4.75. The number of carbonyl (C=O) groups is 2. The van der Waals surface area contributed by atoms with Gasteiger partial charge in [0.2, 0.25) is 6.04 Å². The number of methoxy groups -OCH3 is 1. The maximum atomic E-state index is 11.3. The quantitative estimate of drug-likeness (QED) is 0.572. The highest BCUT2D eigenvalue weighted by Crippen LogP contribution is 2.11.